The molecule has 21 heavy (non-hydrogen) atoms. The highest BCUT2D eigenvalue weighted by molar-refractivity contribution is 5.87. The molecule has 1 amide bonds. The molecule has 1 aromatic rings. The first-order valence-corrected chi connectivity index (χ1v) is 8.00. The Bertz CT molecular complexity index is 467. The first-order valence-electron chi connectivity index (χ1n) is 8.00. The first-order chi connectivity index (χ1) is 9.93. The van der Waals surface area contributed by atoms with E-state index in [1.807, 2.05) is 32.0 Å². The first kappa shape index (κ1) is 16.0. The standard InChI is InChI=1S/C18H28N2O/c1-14(2)12-16-13-19-10-11-20(16)17(21)18(3,4)15-8-6-5-7-9-15/h5-9,14,16,19H,10-13H2,1-4H3. The van der Waals surface area contributed by atoms with Gasteiger partial charge in [0.15, 0.2) is 0 Å². The van der Waals surface area contributed by atoms with Crippen molar-refractivity contribution in [2.45, 2.75) is 45.6 Å². The predicted molar refractivity (Wildman–Crippen MR) is 87.3 cm³/mol. The summed E-state index contributed by atoms with van der Waals surface area (Å²) in [5.41, 5.74) is 0.630. The molecule has 1 unspecified atom stereocenters. The zero-order valence-electron chi connectivity index (χ0n) is 13.7. The minimum atomic E-state index is -0.464. The summed E-state index contributed by atoms with van der Waals surface area (Å²) in [7, 11) is 0. The number of nitrogens with zero attached hydrogens (tertiary/aromatic N) is 1. The van der Waals surface area contributed by atoms with Crippen LogP contribution >= 0.6 is 0 Å². The number of rotatable bonds is 4. The molecule has 0 aromatic heterocycles. The molecule has 0 spiro atoms. The second kappa shape index (κ2) is 6.61. The lowest BCUT2D eigenvalue weighted by molar-refractivity contribution is -0.139. The average molecular weight is 288 g/mol. The Balaban J connectivity index is 2.20. The Morgan fingerprint density at radius 2 is 2.00 bits per heavy atom. The third kappa shape index (κ3) is 3.65. The Morgan fingerprint density at radius 3 is 2.62 bits per heavy atom. The van der Waals surface area contributed by atoms with E-state index in [0.717, 1.165) is 31.6 Å². The van der Waals surface area contributed by atoms with E-state index in [1.165, 1.54) is 0 Å². The predicted octanol–water partition coefficient (Wildman–Crippen LogP) is 2.81. The normalized spacial score (nSPS) is 19.9. The lowest BCUT2D eigenvalue weighted by Gasteiger charge is -2.41. The Hall–Kier alpha value is -1.35. The van der Waals surface area contributed by atoms with Crippen LogP contribution in [0.5, 0.6) is 0 Å². The second-order valence-electron chi connectivity index (χ2n) is 6.98. The van der Waals surface area contributed by atoms with Crippen LogP contribution in [0, 0.1) is 5.92 Å². The van der Waals surface area contributed by atoms with Crippen molar-refractivity contribution in [2.24, 2.45) is 5.92 Å². The summed E-state index contributed by atoms with van der Waals surface area (Å²) in [4.78, 5) is 15.2. The molecule has 3 heteroatoms. The molecule has 0 radical (unpaired) electrons. The largest absolute Gasteiger partial charge is 0.336 e. The van der Waals surface area contributed by atoms with Gasteiger partial charge in [-0.05, 0) is 31.7 Å². The number of carbonyl (C=O) groups excluding carboxylic acids is 1. The fraction of sp³-hybridized carbons (Fsp3) is 0.611. The zero-order chi connectivity index (χ0) is 15.5. The van der Waals surface area contributed by atoms with E-state index >= 15 is 0 Å². The van der Waals surface area contributed by atoms with Crippen molar-refractivity contribution >= 4 is 5.91 Å². The topological polar surface area (TPSA) is 32.3 Å². The Labute approximate surface area is 128 Å². The molecular formula is C18H28N2O. The number of hydrogen-bond donors (Lipinski definition) is 1. The van der Waals surface area contributed by atoms with E-state index in [0.29, 0.717) is 12.0 Å². The van der Waals surface area contributed by atoms with E-state index in [-0.39, 0.29) is 5.91 Å². The number of nitrogens with one attached hydrogen (secondary N) is 1. The smallest absolute Gasteiger partial charge is 0.232 e. The number of hydrogen-bond acceptors (Lipinski definition) is 2. The van der Waals surface area contributed by atoms with Crippen molar-refractivity contribution in [1.29, 1.82) is 0 Å². The van der Waals surface area contributed by atoms with Crippen molar-refractivity contribution in [3.63, 3.8) is 0 Å². The van der Waals surface area contributed by atoms with E-state index in [1.54, 1.807) is 0 Å². The van der Waals surface area contributed by atoms with Crippen LogP contribution < -0.4 is 5.32 Å². The third-order valence-corrected chi connectivity index (χ3v) is 4.38. The molecule has 116 valence electrons. The highest BCUT2D eigenvalue weighted by atomic mass is 16.2. The maximum absolute atomic E-state index is 13.1. The molecule has 1 aliphatic heterocycles. The number of amides is 1. The molecule has 3 nitrogen and oxygen atoms in total. The van der Waals surface area contributed by atoms with Crippen LogP contribution in [-0.2, 0) is 10.2 Å². The molecule has 1 fully saturated rings. The van der Waals surface area contributed by atoms with Crippen molar-refractivity contribution in [3.8, 4) is 0 Å². The highest BCUT2D eigenvalue weighted by Crippen LogP contribution is 2.28. The van der Waals surface area contributed by atoms with E-state index in [2.05, 4.69) is 36.2 Å². The van der Waals surface area contributed by atoms with Crippen LogP contribution in [0.15, 0.2) is 30.3 Å². The fourth-order valence-corrected chi connectivity index (χ4v) is 3.12. The summed E-state index contributed by atoms with van der Waals surface area (Å²) in [5.74, 6) is 0.853. The van der Waals surface area contributed by atoms with E-state index in [4.69, 9.17) is 0 Å². The summed E-state index contributed by atoms with van der Waals surface area (Å²) in [6, 6.07) is 10.4. The van der Waals surface area contributed by atoms with Crippen molar-refractivity contribution < 1.29 is 4.79 Å². The molecule has 1 atom stereocenters. The van der Waals surface area contributed by atoms with Gasteiger partial charge in [-0.15, -0.1) is 0 Å². The van der Waals surface area contributed by atoms with Crippen LogP contribution in [0.2, 0.25) is 0 Å². The molecular weight excluding hydrogens is 260 g/mol. The van der Waals surface area contributed by atoms with Crippen LogP contribution in [0.25, 0.3) is 0 Å². The van der Waals surface area contributed by atoms with Gasteiger partial charge in [0.05, 0.1) is 5.41 Å². The maximum atomic E-state index is 13.1. The van der Waals surface area contributed by atoms with Crippen LogP contribution in [0.4, 0.5) is 0 Å². The average Bonchev–Trinajstić information content (AvgIpc) is 2.47. The SMILES string of the molecule is CC(C)CC1CNCCN1C(=O)C(C)(C)c1ccccc1. The lowest BCUT2D eigenvalue weighted by atomic mass is 9.82. The molecule has 1 N–H and O–H groups in total. The van der Waals surface area contributed by atoms with Gasteiger partial charge in [-0.25, -0.2) is 0 Å². The fourth-order valence-electron chi connectivity index (χ4n) is 3.12. The summed E-state index contributed by atoms with van der Waals surface area (Å²) in [6.45, 7) is 11.1. The summed E-state index contributed by atoms with van der Waals surface area (Å²) >= 11 is 0. The number of benzene rings is 1. The molecule has 1 aromatic carbocycles. The van der Waals surface area contributed by atoms with Gasteiger partial charge in [0.1, 0.15) is 0 Å². The molecule has 1 aliphatic rings. The summed E-state index contributed by atoms with van der Waals surface area (Å²) in [6.07, 6.45) is 1.06. The molecule has 2 rings (SSSR count). The quantitative estimate of drug-likeness (QED) is 0.924. The Morgan fingerprint density at radius 1 is 1.33 bits per heavy atom. The minimum Gasteiger partial charge on any atom is -0.336 e. The summed E-state index contributed by atoms with van der Waals surface area (Å²) < 4.78 is 0. The molecule has 0 saturated carbocycles. The minimum absolute atomic E-state index is 0.251. The van der Waals surface area contributed by atoms with Gasteiger partial charge in [-0.3, -0.25) is 4.79 Å². The van der Waals surface area contributed by atoms with Crippen LogP contribution in [-0.4, -0.2) is 36.5 Å². The van der Waals surface area contributed by atoms with E-state index in [9.17, 15) is 4.79 Å². The van der Waals surface area contributed by atoms with Crippen molar-refractivity contribution in [1.82, 2.24) is 10.2 Å². The van der Waals surface area contributed by atoms with E-state index < -0.39 is 5.41 Å². The number of piperazine rings is 1. The van der Waals surface area contributed by atoms with Gasteiger partial charge in [0, 0.05) is 25.7 Å². The Kier molecular flexibility index (Phi) is 5.04. The van der Waals surface area contributed by atoms with Gasteiger partial charge >= 0.3 is 0 Å². The molecule has 0 aliphatic carbocycles. The number of carbonyl (C=O) groups is 1. The zero-order valence-corrected chi connectivity index (χ0v) is 13.7. The summed E-state index contributed by atoms with van der Waals surface area (Å²) in [5, 5.41) is 3.42. The van der Waals surface area contributed by atoms with Gasteiger partial charge in [-0.1, -0.05) is 44.2 Å². The van der Waals surface area contributed by atoms with Crippen LogP contribution in [0.3, 0.4) is 0 Å². The van der Waals surface area contributed by atoms with Crippen LogP contribution in [0.1, 0.15) is 39.7 Å². The third-order valence-electron chi connectivity index (χ3n) is 4.38. The molecule has 1 heterocycles. The van der Waals surface area contributed by atoms with Crippen molar-refractivity contribution in [2.75, 3.05) is 19.6 Å². The maximum Gasteiger partial charge on any atom is 0.232 e. The van der Waals surface area contributed by atoms with Gasteiger partial charge < -0.3 is 10.2 Å². The van der Waals surface area contributed by atoms with Gasteiger partial charge in [0.25, 0.3) is 0 Å². The molecule has 0 bridgehead atoms. The molecule has 1 saturated heterocycles. The van der Waals surface area contributed by atoms with Gasteiger partial charge in [0.2, 0.25) is 5.91 Å². The second-order valence-corrected chi connectivity index (χ2v) is 6.98. The van der Waals surface area contributed by atoms with Gasteiger partial charge in [-0.2, -0.15) is 0 Å². The highest BCUT2D eigenvalue weighted by Gasteiger charge is 2.37. The lowest BCUT2D eigenvalue weighted by Crippen LogP contribution is -2.57. The van der Waals surface area contributed by atoms with Crippen molar-refractivity contribution in [3.05, 3.63) is 35.9 Å². The monoisotopic (exact) mass is 288 g/mol.